The Morgan fingerprint density at radius 1 is 1.14 bits per heavy atom. The maximum atomic E-state index is 13.6. The van der Waals surface area contributed by atoms with Crippen LogP contribution < -0.4 is 4.74 Å². The van der Waals surface area contributed by atoms with Crippen molar-refractivity contribution in [2.75, 3.05) is 33.9 Å². The van der Waals surface area contributed by atoms with Crippen molar-refractivity contribution >= 4 is 40.5 Å². The highest BCUT2D eigenvalue weighted by molar-refractivity contribution is 7.12. The van der Waals surface area contributed by atoms with Gasteiger partial charge in [-0.2, -0.15) is 5.10 Å². The van der Waals surface area contributed by atoms with Crippen molar-refractivity contribution in [2.24, 2.45) is 5.10 Å². The number of thiophene rings is 1. The minimum absolute atomic E-state index is 0.129. The molecule has 1 aliphatic rings. The Balaban J connectivity index is 1.65. The fourth-order valence-electron chi connectivity index (χ4n) is 3.95. The number of hydrogen-bond acceptors (Lipinski definition) is 6. The molecule has 0 fully saturated rings. The lowest BCUT2D eigenvalue weighted by Crippen LogP contribution is -2.42. The van der Waals surface area contributed by atoms with E-state index in [4.69, 9.17) is 26.2 Å². The zero-order valence-corrected chi connectivity index (χ0v) is 21.1. The van der Waals surface area contributed by atoms with Crippen LogP contribution in [0, 0.1) is 0 Å². The molecule has 0 spiro atoms. The molecule has 35 heavy (non-hydrogen) atoms. The second-order valence-electron chi connectivity index (χ2n) is 7.96. The van der Waals surface area contributed by atoms with E-state index >= 15 is 0 Å². The Hall–Kier alpha value is -3.20. The van der Waals surface area contributed by atoms with E-state index in [9.17, 15) is 9.59 Å². The Labute approximate surface area is 213 Å². The van der Waals surface area contributed by atoms with E-state index in [0.29, 0.717) is 28.7 Å². The maximum Gasteiger partial charge on any atom is 0.264 e. The van der Waals surface area contributed by atoms with E-state index in [0.717, 1.165) is 16.8 Å². The molecule has 9 heteroatoms. The van der Waals surface area contributed by atoms with Gasteiger partial charge in [0.05, 0.1) is 30.3 Å². The zero-order valence-electron chi connectivity index (χ0n) is 19.5. The third-order valence-corrected chi connectivity index (χ3v) is 6.95. The van der Waals surface area contributed by atoms with Gasteiger partial charge in [0, 0.05) is 30.7 Å². The molecule has 2 heterocycles. The van der Waals surface area contributed by atoms with E-state index in [-0.39, 0.29) is 24.9 Å². The van der Waals surface area contributed by atoms with Gasteiger partial charge in [-0.05, 0) is 35.2 Å². The summed E-state index contributed by atoms with van der Waals surface area (Å²) in [6.07, 6.45) is 0.486. The molecule has 0 saturated heterocycles. The Morgan fingerprint density at radius 3 is 2.69 bits per heavy atom. The summed E-state index contributed by atoms with van der Waals surface area (Å²) in [5.74, 6) is 0.196. The third kappa shape index (κ3) is 5.73. The molecule has 2 aromatic carbocycles. The van der Waals surface area contributed by atoms with Crippen LogP contribution in [0.3, 0.4) is 0 Å². The number of carbonyl (C=O) groups is 2. The molecule has 0 bridgehead atoms. The van der Waals surface area contributed by atoms with Crippen LogP contribution in [0.5, 0.6) is 5.75 Å². The lowest BCUT2D eigenvalue weighted by atomic mass is 9.98. The Morgan fingerprint density at radius 2 is 1.97 bits per heavy atom. The van der Waals surface area contributed by atoms with Gasteiger partial charge in [-0.25, -0.2) is 5.01 Å². The van der Waals surface area contributed by atoms with Gasteiger partial charge >= 0.3 is 0 Å². The topological polar surface area (TPSA) is 71.4 Å². The first-order valence-electron chi connectivity index (χ1n) is 11.1. The third-order valence-electron chi connectivity index (χ3n) is 5.74. The number of methoxy groups -OCH3 is 2. The van der Waals surface area contributed by atoms with Crippen molar-refractivity contribution in [3.63, 3.8) is 0 Å². The monoisotopic (exact) mass is 511 g/mol. The molecule has 0 unspecified atom stereocenters. The van der Waals surface area contributed by atoms with Crippen LogP contribution in [0.1, 0.15) is 33.3 Å². The number of nitrogens with zero attached hydrogens (tertiary/aromatic N) is 3. The summed E-state index contributed by atoms with van der Waals surface area (Å²) in [5.41, 5.74) is 2.41. The van der Waals surface area contributed by atoms with Crippen LogP contribution in [-0.2, 0) is 9.53 Å². The van der Waals surface area contributed by atoms with Crippen molar-refractivity contribution in [1.29, 1.82) is 0 Å². The first-order valence-corrected chi connectivity index (χ1v) is 12.4. The van der Waals surface area contributed by atoms with E-state index < -0.39 is 6.04 Å². The molecule has 0 radical (unpaired) electrons. The molecule has 1 aliphatic heterocycles. The number of amides is 2. The van der Waals surface area contributed by atoms with Gasteiger partial charge in [0.1, 0.15) is 12.3 Å². The summed E-state index contributed by atoms with van der Waals surface area (Å²) in [6, 6.07) is 18.2. The van der Waals surface area contributed by atoms with Crippen LogP contribution in [0.4, 0.5) is 0 Å². The molecular formula is C26H26ClN3O4S. The summed E-state index contributed by atoms with van der Waals surface area (Å²) in [5, 5.41) is 8.56. The SMILES string of the molecule is COCCN(CC(=O)N1N=C(c2cccc(OC)c2)C[C@@H]1c1ccccc1Cl)C(=O)c1cccs1. The summed E-state index contributed by atoms with van der Waals surface area (Å²) in [4.78, 5) is 28.7. The van der Waals surface area contributed by atoms with Crippen LogP contribution in [0.25, 0.3) is 0 Å². The van der Waals surface area contributed by atoms with Gasteiger partial charge in [0.2, 0.25) is 0 Å². The molecule has 1 aromatic heterocycles. The Bertz CT molecular complexity index is 1210. The van der Waals surface area contributed by atoms with E-state index in [2.05, 4.69) is 0 Å². The summed E-state index contributed by atoms with van der Waals surface area (Å²) in [7, 11) is 3.17. The highest BCUT2D eigenvalue weighted by Gasteiger charge is 2.35. The van der Waals surface area contributed by atoms with Crippen LogP contribution >= 0.6 is 22.9 Å². The second-order valence-corrected chi connectivity index (χ2v) is 9.31. The quantitative estimate of drug-likeness (QED) is 0.410. The first kappa shape index (κ1) is 24.9. The highest BCUT2D eigenvalue weighted by atomic mass is 35.5. The van der Waals surface area contributed by atoms with Gasteiger partial charge < -0.3 is 14.4 Å². The predicted octanol–water partition coefficient (Wildman–Crippen LogP) is 4.88. The number of ether oxygens (including phenoxy) is 2. The number of carbonyl (C=O) groups excluding carboxylic acids is 2. The summed E-state index contributed by atoms with van der Waals surface area (Å²) < 4.78 is 10.5. The number of halogens is 1. The minimum atomic E-state index is -0.390. The van der Waals surface area contributed by atoms with Crippen LogP contribution in [-0.4, -0.2) is 61.4 Å². The van der Waals surface area contributed by atoms with Gasteiger partial charge in [0.25, 0.3) is 11.8 Å². The van der Waals surface area contributed by atoms with Crippen molar-refractivity contribution in [1.82, 2.24) is 9.91 Å². The van der Waals surface area contributed by atoms with Crippen molar-refractivity contribution < 1.29 is 19.1 Å². The van der Waals surface area contributed by atoms with E-state index in [1.165, 1.54) is 21.2 Å². The summed E-state index contributed by atoms with van der Waals surface area (Å²) >= 11 is 7.86. The zero-order chi connectivity index (χ0) is 24.8. The predicted molar refractivity (Wildman–Crippen MR) is 137 cm³/mol. The first-order chi connectivity index (χ1) is 17.0. The molecule has 4 rings (SSSR count). The molecule has 2 amide bonds. The second kappa shape index (κ2) is 11.5. The fraction of sp³-hybridized carbons (Fsp3) is 0.269. The number of hydrazone groups is 1. The summed E-state index contributed by atoms with van der Waals surface area (Å²) in [6.45, 7) is 0.475. The molecule has 0 aliphatic carbocycles. The van der Waals surface area contributed by atoms with Gasteiger partial charge in [-0.1, -0.05) is 48.0 Å². The van der Waals surface area contributed by atoms with Crippen molar-refractivity contribution in [2.45, 2.75) is 12.5 Å². The number of rotatable bonds is 9. The standard InChI is InChI=1S/C26H26ClN3O4S/c1-33-13-12-29(26(32)24-11-6-14-35-24)17-25(31)30-23(20-9-3-4-10-21(20)27)16-22(28-30)18-7-5-8-19(15-18)34-2/h3-11,14-15,23H,12-13,16-17H2,1-2H3/t23-/m1/s1. The average Bonchev–Trinajstić information content (AvgIpc) is 3.57. The molecule has 1 atom stereocenters. The smallest absolute Gasteiger partial charge is 0.264 e. The van der Waals surface area contributed by atoms with Gasteiger partial charge in [-0.3, -0.25) is 9.59 Å². The van der Waals surface area contributed by atoms with Crippen molar-refractivity contribution in [3.8, 4) is 5.75 Å². The number of benzene rings is 2. The lowest BCUT2D eigenvalue weighted by Gasteiger charge is -2.27. The molecule has 7 nitrogen and oxygen atoms in total. The average molecular weight is 512 g/mol. The largest absolute Gasteiger partial charge is 0.497 e. The van der Waals surface area contributed by atoms with Crippen molar-refractivity contribution in [3.05, 3.63) is 87.1 Å². The van der Waals surface area contributed by atoms with Crippen LogP contribution in [0.15, 0.2) is 71.1 Å². The van der Waals surface area contributed by atoms with Crippen LogP contribution in [0.2, 0.25) is 5.02 Å². The minimum Gasteiger partial charge on any atom is -0.497 e. The lowest BCUT2D eigenvalue weighted by molar-refractivity contribution is -0.133. The van der Waals surface area contributed by atoms with E-state index in [1.54, 1.807) is 26.4 Å². The maximum absolute atomic E-state index is 13.6. The molecule has 182 valence electrons. The molecule has 0 saturated carbocycles. The molecule has 3 aromatic rings. The normalized spacial score (nSPS) is 15.1. The van der Waals surface area contributed by atoms with Gasteiger partial charge in [0.15, 0.2) is 0 Å². The number of hydrogen-bond donors (Lipinski definition) is 0. The van der Waals surface area contributed by atoms with E-state index in [1.807, 2.05) is 53.9 Å². The molecular weight excluding hydrogens is 486 g/mol. The Kier molecular flexibility index (Phi) is 8.17. The van der Waals surface area contributed by atoms with Gasteiger partial charge in [-0.15, -0.1) is 11.3 Å². The fourth-order valence-corrected chi connectivity index (χ4v) is 4.90. The molecule has 0 N–H and O–H groups in total. The highest BCUT2D eigenvalue weighted by Crippen LogP contribution is 2.36.